The number of hydrogen-bond donors (Lipinski definition) is 1. The molecule has 3 rings (SSSR count). The number of pyridine rings is 1. The fraction of sp³-hybridized carbons (Fsp3) is 0.333. The molecule has 0 saturated carbocycles. The molecule has 1 N–H and O–H groups in total. The standard InChI is InChI=1S/C21H23N5O7/c1-10(2)12-9-22-18-16(20(28)25(4)21(29)24(18)3)17(12)23-19(27)11-7-14(32-5)15(33-6)8-13(11)26(30)31/h7-10H,1-6H3,(H,22,23,27). The predicted octanol–water partition coefficient (Wildman–Crippen LogP) is 1.93. The van der Waals surface area contributed by atoms with Gasteiger partial charge in [-0.15, -0.1) is 0 Å². The summed E-state index contributed by atoms with van der Waals surface area (Å²) in [5.74, 6) is -0.801. The highest BCUT2D eigenvalue weighted by Crippen LogP contribution is 2.36. The van der Waals surface area contributed by atoms with Crippen molar-refractivity contribution in [3.63, 3.8) is 0 Å². The fourth-order valence-electron chi connectivity index (χ4n) is 3.50. The van der Waals surface area contributed by atoms with Gasteiger partial charge in [-0.25, -0.2) is 9.78 Å². The second-order valence-electron chi connectivity index (χ2n) is 7.58. The lowest BCUT2D eigenvalue weighted by molar-refractivity contribution is -0.385. The molecule has 1 amide bonds. The fourth-order valence-corrected chi connectivity index (χ4v) is 3.50. The van der Waals surface area contributed by atoms with E-state index in [0.717, 1.165) is 10.6 Å². The zero-order valence-corrected chi connectivity index (χ0v) is 19.0. The molecule has 0 aliphatic heterocycles. The molecule has 1 aromatic carbocycles. The molecular weight excluding hydrogens is 434 g/mol. The van der Waals surface area contributed by atoms with E-state index < -0.39 is 27.8 Å². The number of amides is 1. The molecule has 33 heavy (non-hydrogen) atoms. The number of nitrogens with one attached hydrogen (secondary N) is 1. The van der Waals surface area contributed by atoms with Gasteiger partial charge in [0.25, 0.3) is 17.2 Å². The van der Waals surface area contributed by atoms with Gasteiger partial charge in [0.2, 0.25) is 0 Å². The van der Waals surface area contributed by atoms with Gasteiger partial charge in [-0.2, -0.15) is 0 Å². The molecule has 174 valence electrons. The Balaban J connectivity index is 2.30. The minimum absolute atomic E-state index is 0.0160. The van der Waals surface area contributed by atoms with Gasteiger partial charge in [0.15, 0.2) is 17.1 Å². The number of benzene rings is 1. The van der Waals surface area contributed by atoms with Gasteiger partial charge in [-0.3, -0.25) is 28.8 Å². The molecule has 0 unspecified atom stereocenters. The third-order valence-corrected chi connectivity index (χ3v) is 5.30. The molecule has 0 fully saturated rings. The van der Waals surface area contributed by atoms with Crippen LogP contribution in [0.2, 0.25) is 0 Å². The van der Waals surface area contributed by atoms with Crippen LogP contribution in [0.5, 0.6) is 11.5 Å². The highest BCUT2D eigenvalue weighted by Gasteiger charge is 2.27. The van der Waals surface area contributed by atoms with Crippen LogP contribution in [0, 0.1) is 10.1 Å². The Morgan fingerprint density at radius 1 is 1.12 bits per heavy atom. The van der Waals surface area contributed by atoms with E-state index >= 15 is 0 Å². The van der Waals surface area contributed by atoms with Crippen LogP contribution in [0.4, 0.5) is 11.4 Å². The number of methoxy groups -OCH3 is 2. The van der Waals surface area contributed by atoms with Gasteiger partial charge in [0.05, 0.1) is 30.9 Å². The number of aryl methyl sites for hydroxylation is 1. The number of aromatic nitrogens is 3. The number of nitrogens with zero attached hydrogens (tertiary/aromatic N) is 4. The first-order chi connectivity index (χ1) is 15.5. The summed E-state index contributed by atoms with van der Waals surface area (Å²) >= 11 is 0. The second-order valence-corrected chi connectivity index (χ2v) is 7.58. The summed E-state index contributed by atoms with van der Waals surface area (Å²) in [4.78, 5) is 53.8. The first kappa shape index (κ1) is 23.4. The van der Waals surface area contributed by atoms with Crippen molar-refractivity contribution >= 4 is 28.3 Å². The molecule has 2 aromatic heterocycles. The summed E-state index contributed by atoms with van der Waals surface area (Å²) in [6, 6.07) is 2.28. The largest absolute Gasteiger partial charge is 0.493 e. The van der Waals surface area contributed by atoms with Crippen LogP contribution in [0.1, 0.15) is 35.7 Å². The molecule has 12 heteroatoms. The van der Waals surface area contributed by atoms with E-state index in [0.29, 0.717) is 5.56 Å². The first-order valence-electron chi connectivity index (χ1n) is 9.83. The van der Waals surface area contributed by atoms with E-state index in [1.54, 1.807) is 0 Å². The number of nitro groups is 1. The average Bonchev–Trinajstić information content (AvgIpc) is 2.79. The lowest BCUT2D eigenvalue weighted by Crippen LogP contribution is -2.38. The Labute approximate surface area is 187 Å². The zero-order chi connectivity index (χ0) is 24.6. The predicted molar refractivity (Wildman–Crippen MR) is 120 cm³/mol. The number of carbonyl (C=O) groups excluding carboxylic acids is 1. The summed E-state index contributed by atoms with van der Waals surface area (Å²) in [6.45, 7) is 3.67. The third-order valence-electron chi connectivity index (χ3n) is 5.30. The average molecular weight is 457 g/mol. The van der Waals surface area contributed by atoms with Gasteiger partial charge in [0.1, 0.15) is 10.9 Å². The Kier molecular flexibility index (Phi) is 6.20. The molecule has 2 heterocycles. The van der Waals surface area contributed by atoms with Crippen LogP contribution < -0.4 is 26.0 Å². The number of nitro benzene ring substituents is 1. The van der Waals surface area contributed by atoms with Crippen molar-refractivity contribution in [3.05, 3.63) is 60.4 Å². The summed E-state index contributed by atoms with van der Waals surface area (Å²) in [7, 11) is 5.43. The number of anilines is 1. The maximum atomic E-state index is 13.3. The quantitative estimate of drug-likeness (QED) is 0.436. The number of ether oxygens (including phenoxy) is 2. The normalized spacial score (nSPS) is 11.0. The van der Waals surface area contributed by atoms with E-state index in [-0.39, 0.29) is 39.7 Å². The lowest BCUT2D eigenvalue weighted by atomic mass is 10.0. The van der Waals surface area contributed by atoms with E-state index in [1.165, 1.54) is 45.1 Å². The van der Waals surface area contributed by atoms with Crippen LogP contribution in [-0.2, 0) is 14.1 Å². The third kappa shape index (κ3) is 3.90. The highest BCUT2D eigenvalue weighted by atomic mass is 16.6. The molecule has 0 aliphatic carbocycles. The van der Waals surface area contributed by atoms with Gasteiger partial charge >= 0.3 is 5.69 Å². The summed E-state index contributed by atoms with van der Waals surface area (Å²) in [6.07, 6.45) is 1.46. The molecular formula is C21H23N5O7. The first-order valence-corrected chi connectivity index (χ1v) is 9.83. The van der Waals surface area contributed by atoms with Crippen LogP contribution in [0.3, 0.4) is 0 Å². The van der Waals surface area contributed by atoms with E-state index in [1.807, 2.05) is 13.8 Å². The minimum atomic E-state index is -0.840. The maximum Gasteiger partial charge on any atom is 0.332 e. The van der Waals surface area contributed by atoms with Crippen LogP contribution >= 0.6 is 0 Å². The van der Waals surface area contributed by atoms with Crippen LogP contribution in [-0.4, -0.2) is 39.2 Å². The molecule has 0 bridgehead atoms. The molecule has 0 radical (unpaired) electrons. The molecule has 0 spiro atoms. The van der Waals surface area contributed by atoms with Gasteiger partial charge < -0.3 is 14.8 Å². The van der Waals surface area contributed by atoms with E-state index in [2.05, 4.69) is 10.3 Å². The highest BCUT2D eigenvalue weighted by molar-refractivity contribution is 6.11. The van der Waals surface area contributed by atoms with Crippen molar-refractivity contribution in [2.45, 2.75) is 19.8 Å². The monoisotopic (exact) mass is 457 g/mol. The second kappa shape index (κ2) is 8.73. The molecule has 12 nitrogen and oxygen atoms in total. The summed E-state index contributed by atoms with van der Waals surface area (Å²) in [5.41, 5.74) is -1.31. The van der Waals surface area contributed by atoms with Crippen molar-refractivity contribution in [1.82, 2.24) is 14.1 Å². The van der Waals surface area contributed by atoms with Gasteiger partial charge in [-0.1, -0.05) is 13.8 Å². The molecule has 3 aromatic rings. The smallest absolute Gasteiger partial charge is 0.332 e. The number of rotatable bonds is 6. The summed E-state index contributed by atoms with van der Waals surface area (Å²) < 4.78 is 12.4. The Morgan fingerprint density at radius 2 is 1.73 bits per heavy atom. The minimum Gasteiger partial charge on any atom is -0.493 e. The number of fused-ring (bicyclic) bond motifs is 1. The SMILES string of the molecule is COc1cc(C(=O)Nc2c(C(C)C)cnc3c2c(=O)n(C)c(=O)n3C)c([N+](=O)[O-])cc1OC. The van der Waals surface area contributed by atoms with Gasteiger partial charge in [0, 0.05) is 26.4 Å². The Hall–Kier alpha value is -4.22. The topological polar surface area (TPSA) is 148 Å². The molecule has 0 aliphatic rings. The maximum absolute atomic E-state index is 13.3. The van der Waals surface area contributed by atoms with Crippen molar-refractivity contribution in [2.24, 2.45) is 14.1 Å². The summed E-state index contributed by atoms with van der Waals surface area (Å²) in [5, 5.41) is 14.3. The van der Waals surface area contributed by atoms with Crippen molar-refractivity contribution in [3.8, 4) is 11.5 Å². The van der Waals surface area contributed by atoms with E-state index in [4.69, 9.17) is 9.47 Å². The Morgan fingerprint density at radius 3 is 2.27 bits per heavy atom. The molecule has 0 atom stereocenters. The van der Waals surface area contributed by atoms with Crippen LogP contribution in [0.15, 0.2) is 27.9 Å². The zero-order valence-electron chi connectivity index (χ0n) is 19.0. The van der Waals surface area contributed by atoms with E-state index in [9.17, 15) is 24.5 Å². The van der Waals surface area contributed by atoms with Gasteiger partial charge in [-0.05, 0) is 11.5 Å². The van der Waals surface area contributed by atoms with Crippen molar-refractivity contribution < 1.29 is 19.2 Å². The molecule has 0 saturated heterocycles. The Bertz CT molecular complexity index is 1410. The van der Waals surface area contributed by atoms with Crippen molar-refractivity contribution in [1.29, 1.82) is 0 Å². The lowest BCUT2D eigenvalue weighted by Gasteiger charge is -2.18. The van der Waals surface area contributed by atoms with Crippen LogP contribution in [0.25, 0.3) is 11.0 Å². The number of carbonyl (C=O) groups is 1. The number of hydrogen-bond acceptors (Lipinski definition) is 8. The van der Waals surface area contributed by atoms with Crippen molar-refractivity contribution in [2.75, 3.05) is 19.5 Å².